The number of H-pyrrole nitrogens is 1. The van der Waals surface area contributed by atoms with Gasteiger partial charge in [-0.3, -0.25) is 14.8 Å². The number of rotatable bonds is 6. The summed E-state index contributed by atoms with van der Waals surface area (Å²) >= 11 is 0. The molecule has 3 aromatic rings. The van der Waals surface area contributed by atoms with Gasteiger partial charge in [0.1, 0.15) is 6.26 Å². The first-order valence-corrected chi connectivity index (χ1v) is 9.68. The molecule has 1 aliphatic rings. The van der Waals surface area contributed by atoms with Crippen LogP contribution in [0.4, 0.5) is 0 Å². The summed E-state index contributed by atoms with van der Waals surface area (Å²) in [6, 6.07) is 12.1. The lowest BCUT2D eigenvalue weighted by molar-refractivity contribution is -0.121. The Morgan fingerprint density at radius 1 is 1.25 bits per heavy atom. The highest BCUT2D eigenvalue weighted by Gasteiger charge is 2.22. The third kappa shape index (κ3) is 4.67. The van der Waals surface area contributed by atoms with E-state index in [-0.39, 0.29) is 11.9 Å². The normalized spacial score (nSPS) is 15.6. The SMILES string of the molecule is Cc1cc(CC(=O)NC2CCN(Cc3coc(-c4ccccc4)n3)CC2)n[nH]1. The number of likely N-dealkylation sites (tertiary alicyclic amines) is 1. The molecule has 3 heterocycles. The minimum absolute atomic E-state index is 0.0361. The molecule has 0 spiro atoms. The van der Waals surface area contributed by atoms with E-state index in [1.54, 1.807) is 6.26 Å². The number of hydrogen-bond donors (Lipinski definition) is 2. The van der Waals surface area contributed by atoms with Gasteiger partial charge in [0.2, 0.25) is 11.8 Å². The predicted octanol–water partition coefficient (Wildman–Crippen LogP) is 2.70. The minimum atomic E-state index is 0.0361. The minimum Gasteiger partial charge on any atom is -0.444 e. The van der Waals surface area contributed by atoms with Crippen LogP contribution >= 0.6 is 0 Å². The van der Waals surface area contributed by atoms with Gasteiger partial charge in [-0.25, -0.2) is 4.98 Å². The van der Waals surface area contributed by atoms with Crippen molar-refractivity contribution >= 4 is 5.91 Å². The van der Waals surface area contributed by atoms with Gasteiger partial charge in [-0.05, 0) is 38.0 Å². The molecule has 7 heteroatoms. The summed E-state index contributed by atoms with van der Waals surface area (Å²) in [6.07, 6.45) is 3.94. The fourth-order valence-corrected chi connectivity index (χ4v) is 3.57. The van der Waals surface area contributed by atoms with E-state index in [4.69, 9.17) is 4.42 Å². The Labute approximate surface area is 164 Å². The molecule has 7 nitrogen and oxygen atoms in total. The van der Waals surface area contributed by atoms with Crippen molar-refractivity contribution in [3.8, 4) is 11.5 Å². The zero-order valence-corrected chi connectivity index (χ0v) is 16.0. The quantitative estimate of drug-likeness (QED) is 0.688. The number of benzene rings is 1. The molecule has 0 saturated carbocycles. The van der Waals surface area contributed by atoms with E-state index in [9.17, 15) is 4.79 Å². The number of piperidine rings is 1. The number of aromatic nitrogens is 3. The zero-order chi connectivity index (χ0) is 19.3. The van der Waals surface area contributed by atoms with Crippen molar-refractivity contribution in [2.75, 3.05) is 13.1 Å². The van der Waals surface area contributed by atoms with Gasteiger partial charge in [0.05, 0.1) is 17.8 Å². The number of aromatic amines is 1. The highest BCUT2D eigenvalue weighted by Crippen LogP contribution is 2.20. The standard InChI is InChI=1S/C21H25N5O2/c1-15-11-18(25-24-15)12-20(27)22-17-7-9-26(10-8-17)13-19-14-28-21(23-19)16-5-3-2-4-6-16/h2-6,11,14,17H,7-10,12-13H2,1H3,(H,22,27)(H,24,25). The zero-order valence-electron chi connectivity index (χ0n) is 16.0. The van der Waals surface area contributed by atoms with Crippen LogP contribution in [0.5, 0.6) is 0 Å². The van der Waals surface area contributed by atoms with Gasteiger partial charge >= 0.3 is 0 Å². The van der Waals surface area contributed by atoms with Gasteiger partial charge in [0, 0.05) is 36.9 Å². The van der Waals surface area contributed by atoms with Crippen molar-refractivity contribution < 1.29 is 9.21 Å². The Morgan fingerprint density at radius 2 is 2.04 bits per heavy atom. The van der Waals surface area contributed by atoms with Crippen LogP contribution in [0.2, 0.25) is 0 Å². The van der Waals surface area contributed by atoms with Crippen molar-refractivity contribution in [3.63, 3.8) is 0 Å². The topological polar surface area (TPSA) is 87.1 Å². The first-order chi connectivity index (χ1) is 13.7. The fraction of sp³-hybridized carbons (Fsp3) is 0.381. The molecule has 1 aromatic carbocycles. The first-order valence-electron chi connectivity index (χ1n) is 9.68. The van der Waals surface area contributed by atoms with Crippen LogP contribution in [0.25, 0.3) is 11.5 Å². The number of aryl methyl sites for hydroxylation is 1. The Morgan fingerprint density at radius 3 is 2.75 bits per heavy atom. The van der Waals surface area contributed by atoms with Crippen molar-refractivity contribution in [1.82, 2.24) is 25.4 Å². The van der Waals surface area contributed by atoms with Crippen molar-refractivity contribution in [2.24, 2.45) is 0 Å². The summed E-state index contributed by atoms with van der Waals surface area (Å²) in [5.41, 5.74) is 3.68. The maximum Gasteiger partial charge on any atom is 0.226 e. The Hall–Kier alpha value is -2.93. The summed E-state index contributed by atoms with van der Waals surface area (Å²) in [7, 11) is 0. The molecule has 0 atom stereocenters. The molecule has 0 bridgehead atoms. The van der Waals surface area contributed by atoms with E-state index in [2.05, 4.69) is 25.4 Å². The van der Waals surface area contributed by atoms with E-state index in [0.29, 0.717) is 12.3 Å². The molecule has 1 aliphatic heterocycles. The number of amides is 1. The summed E-state index contributed by atoms with van der Waals surface area (Å²) in [6.45, 7) is 4.56. The average Bonchev–Trinajstić information content (AvgIpc) is 3.33. The maximum absolute atomic E-state index is 12.2. The molecule has 2 N–H and O–H groups in total. The summed E-state index contributed by atoms with van der Waals surface area (Å²) < 4.78 is 5.62. The van der Waals surface area contributed by atoms with E-state index in [1.807, 2.05) is 43.3 Å². The first kappa shape index (κ1) is 18.4. The van der Waals surface area contributed by atoms with Crippen LogP contribution in [0.3, 0.4) is 0 Å². The number of carbonyl (C=O) groups excluding carboxylic acids is 1. The largest absolute Gasteiger partial charge is 0.444 e. The van der Waals surface area contributed by atoms with Gasteiger partial charge in [-0.2, -0.15) is 5.10 Å². The monoisotopic (exact) mass is 379 g/mol. The smallest absolute Gasteiger partial charge is 0.226 e. The lowest BCUT2D eigenvalue weighted by Gasteiger charge is -2.31. The van der Waals surface area contributed by atoms with E-state index < -0.39 is 0 Å². The highest BCUT2D eigenvalue weighted by molar-refractivity contribution is 5.78. The van der Waals surface area contributed by atoms with Crippen LogP contribution in [0.1, 0.15) is 29.9 Å². The third-order valence-electron chi connectivity index (χ3n) is 5.01. The molecule has 1 saturated heterocycles. The number of hydrogen-bond acceptors (Lipinski definition) is 5. The van der Waals surface area contributed by atoms with Crippen LogP contribution in [-0.4, -0.2) is 45.1 Å². The van der Waals surface area contributed by atoms with Crippen LogP contribution < -0.4 is 5.32 Å². The van der Waals surface area contributed by atoms with Crippen LogP contribution in [0, 0.1) is 6.92 Å². The molecular weight excluding hydrogens is 354 g/mol. The second-order valence-corrected chi connectivity index (χ2v) is 7.35. The predicted molar refractivity (Wildman–Crippen MR) is 105 cm³/mol. The van der Waals surface area contributed by atoms with Crippen LogP contribution in [-0.2, 0) is 17.8 Å². The lowest BCUT2D eigenvalue weighted by atomic mass is 10.0. The lowest BCUT2D eigenvalue weighted by Crippen LogP contribution is -2.44. The Kier molecular flexibility index (Phi) is 5.53. The molecule has 0 aliphatic carbocycles. The number of oxazole rings is 1. The molecular formula is C21H25N5O2. The second kappa shape index (κ2) is 8.39. The number of carbonyl (C=O) groups is 1. The fourth-order valence-electron chi connectivity index (χ4n) is 3.57. The Bertz CT molecular complexity index is 910. The van der Waals surface area contributed by atoms with E-state index in [0.717, 1.165) is 55.1 Å². The molecule has 0 unspecified atom stereocenters. The van der Waals surface area contributed by atoms with Crippen molar-refractivity contribution in [1.29, 1.82) is 0 Å². The summed E-state index contributed by atoms with van der Waals surface area (Å²) in [4.78, 5) is 19.2. The van der Waals surface area contributed by atoms with E-state index in [1.165, 1.54) is 0 Å². The molecule has 1 amide bonds. The summed E-state index contributed by atoms with van der Waals surface area (Å²) in [5.74, 6) is 0.695. The molecule has 146 valence electrons. The van der Waals surface area contributed by atoms with Gasteiger partial charge in [-0.15, -0.1) is 0 Å². The van der Waals surface area contributed by atoms with Crippen molar-refractivity contribution in [2.45, 2.75) is 38.8 Å². The molecule has 4 rings (SSSR count). The summed E-state index contributed by atoms with van der Waals surface area (Å²) in [5, 5.41) is 10.1. The molecule has 28 heavy (non-hydrogen) atoms. The molecule has 0 radical (unpaired) electrons. The number of nitrogens with one attached hydrogen (secondary N) is 2. The Balaban J connectivity index is 1.23. The van der Waals surface area contributed by atoms with Crippen LogP contribution in [0.15, 0.2) is 47.1 Å². The third-order valence-corrected chi connectivity index (χ3v) is 5.01. The van der Waals surface area contributed by atoms with Gasteiger partial charge < -0.3 is 9.73 Å². The average molecular weight is 379 g/mol. The molecule has 2 aromatic heterocycles. The van der Waals surface area contributed by atoms with Gasteiger partial charge in [0.15, 0.2) is 0 Å². The number of nitrogens with zero attached hydrogens (tertiary/aromatic N) is 3. The maximum atomic E-state index is 12.2. The van der Waals surface area contributed by atoms with Gasteiger partial charge in [0.25, 0.3) is 0 Å². The highest BCUT2D eigenvalue weighted by atomic mass is 16.3. The van der Waals surface area contributed by atoms with E-state index >= 15 is 0 Å². The van der Waals surface area contributed by atoms with Gasteiger partial charge in [-0.1, -0.05) is 18.2 Å². The second-order valence-electron chi connectivity index (χ2n) is 7.35. The van der Waals surface area contributed by atoms with Crippen molar-refractivity contribution in [3.05, 3.63) is 59.7 Å². The molecule has 1 fully saturated rings.